The van der Waals surface area contributed by atoms with Crippen molar-refractivity contribution in [3.63, 3.8) is 0 Å². The molecule has 118 valence electrons. The van der Waals surface area contributed by atoms with Crippen molar-refractivity contribution < 1.29 is 6.22 Å². The minimum Gasteiger partial charge on any atom is -0.300 e. The summed E-state index contributed by atoms with van der Waals surface area (Å²) in [6.07, 6.45) is 17.5. The zero-order valence-electron chi connectivity index (χ0n) is 14.2. The van der Waals surface area contributed by atoms with Crippen LogP contribution in [0.1, 0.15) is 81.0 Å². The quantitative estimate of drug-likeness (QED) is 0.532. The largest absolute Gasteiger partial charge is 0.300 e. The molecule has 1 nitrogen and oxygen atoms in total. The van der Waals surface area contributed by atoms with Crippen LogP contribution in [0.5, 0.6) is 0 Å². The first kappa shape index (κ1) is 21.2. The van der Waals surface area contributed by atoms with Crippen LogP contribution in [0.3, 0.4) is 0 Å². The van der Waals surface area contributed by atoms with Gasteiger partial charge in [-0.05, 0) is 31.3 Å². The van der Waals surface area contributed by atoms with Gasteiger partial charge in [-0.2, -0.15) is 0 Å². The molecule has 0 unspecified atom stereocenters. The Bertz CT molecular complexity index is 301. The van der Waals surface area contributed by atoms with Gasteiger partial charge in [0.25, 0.3) is 0 Å². The summed E-state index contributed by atoms with van der Waals surface area (Å²) in [5.41, 5.74) is 1.34. The SMILES string of the molecule is CC.CCC.CCCC(=O)CCCC1=CC=CCC=C1.[HH]. The first-order chi connectivity index (χ1) is 9.74. The van der Waals surface area contributed by atoms with Crippen LogP contribution in [0.25, 0.3) is 0 Å². The van der Waals surface area contributed by atoms with E-state index >= 15 is 0 Å². The molecule has 0 heterocycles. The van der Waals surface area contributed by atoms with Gasteiger partial charge in [0.05, 0.1) is 0 Å². The Morgan fingerprint density at radius 3 is 2.40 bits per heavy atom. The molecule has 0 aromatic heterocycles. The van der Waals surface area contributed by atoms with Crippen LogP contribution in [-0.2, 0) is 4.79 Å². The molecule has 0 saturated heterocycles. The smallest absolute Gasteiger partial charge is 0.132 e. The molecule has 1 aliphatic carbocycles. The van der Waals surface area contributed by atoms with Crippen LogP contribution in [0.4, 0.5) is 0 Å². The maximum Gasteiger partial charge on any atom is 0.132 e. The van der Waals surface area contributed by atoms with Crippen LogP contribution < -0.4 is 0 Å². The molecule has 0 radical (unpaired) electrons. The van der Waals surface area contributed by atoms with Gasteiger partial charge in [0.15, 0.2) is 0 Å². The predicted octanol–water partition coefficient (Wildman–Crippen LogP) is 6.66. The van der Waals surface area contributed by atoms with Crippen LogP contribution in [0, 0.1) is 0 Å². The number of allylic oxidation sites excluding steroid dienone is 6. The van der Waals surface area contributed by atoms with E-state index in [2.05, 4.69) is 51.2 Å². The molecule has 0 aliphatic heterocycles. The average molecular weight is 280 g/mol. The lowest BCUT2D eigenvalue weighted by Gasteiger charge is -2.00. The van der Waals surface area contributed by atoms with Crippen molar-refractivity contribution in [1.29, 1.82) is 0 Å². The monoisotopic (exact) mass is 280 g/mol. The van der Waals surface area contributed by atoms with Gasteiger partial charge in [-0.1, -0.05) is 71.4 Å². The highest BCUT2D eigenvalue weighted by atomic mass is 16.1. The van der Waals surface area contributed by atoms with Crippen LogP contribution in [-0.4, -0.2) is 5.78 Å². The molecule has 1 aliphatic rings. The van der Waals surface area contributed by atoms with Gasteiger partial charge in [0.2, 0.25) is 0 Å². The molecule has 0 amide bonds. The molecule has 0 atom stereocenters. The average Bonchev–Trinajstić information content (AvgIpc) is 2.71. The standard InChI is InChI=1S/C14H20O.C3H8.C2H6.H2/c1-2-8-14(15)12-7-11-13-9-5-3-4-6-10-13;1-3-2;1-2;/h3,5-6,9-10H,2,4,7-8,11-12H2,1H3;3H2,1-2H3;1-2H3;1H. The fraction of sp³-hybridized carbons (Fsp3) is 0.632. The van der Waals surface area contributed by atoms with Gasteiger partial charge in [-0.15, -0.1) is 0 Å². The van der Waals surface area contributed by atoms with Crippen molar-refractivity contribution in [2.75, 3.05) is 0 Å². The topological polar surface area (TPSA) is 17.1 Å². The van der Waals surface area contributed by atoms with Crippen molar-refractivity contribution in [3.8, 4) is 0 Å². The predicted molar refractivity (Wildman–Crippen MR) is 94.2 cm³/mol. The summed E-state index contributed by atoms with van der Waals surface area (Å²) >= 11 is 0. The third-order valence-electron chi connectivity index (χ3n) is 2.50. The second-order valence-corrected chi connectivity index (χ2v) is 4.66. The molecular weight excluding hydrogens is 244 g/mol. The molecule has 0 aromatic rings. The molecule has 0 N–H and O–H groups in total. The Morgan fingerprint density at radius 2 is 1.80 bits per heavy atom. The number of hydrogen-bond donors (Lipinski definition) is 0. The number of hydrogen-bond acceptors (Lipinski definition) is 1. The Labute approximate surface area is 128 Å². The second kappa shape index (κ2) is 17.9. The molecule has 1 heteroatoms. The summed E-state index contributed by atoms with van der Waals surface area (Å²) in [6.45, 7) is 10.3. The van der Waals surface area contributed by atoms with E-state index in [1.54, 1.807) is 0 Å². The summed E-state index contributed by atoms with van der Waals surface area (Å²) in [5, 5.41) is 0. The van der Waals surface area contributed by atoms with E-state index in [4.69, 9.17) is 0 Å². The molecule has 1 rings (SSSR count). The highest BCUT2D eigenvalue weighted by Gasteiger charge is 2.01. The second-order valence-electron chi connectivity index (χ2n) is 4.66. The van der Waals surface area contributed by atoms with Gasteiger partial charge in [0.1, 0.15) is 5.78 Å². The Kier molecular flexibility index (Phi) is 19.0. The normalized spacial score (nSPS) is 12.3. The van der Waals surface area contributed by atoms with Crippen molar-refractivity contribution >= 4 is 5.78 Å². The van der Waals surface area contributed by atoms with Crippen LogP contribution in [0.15, 0.2) is 36.0 Å². The van der Waals surface area contributed by atoms with Crippen molar-refractivity contribution in [2.45, 2.75) is 79.6 Å². The summed E-state index contributed by atoms with van der Waals surface area (Å²) in [6, 6.07) is 0. The Balaban J connectivity index is -0.000000479. The van der Waals surface area contributed by atoms with Crippen molar-refractivity contribution in [2.24, 2.45) is 0 Å². The molecule has 0 saturated carbocycles. The van der Waals surface area contributed by atoms with E-state index in [1.807, 2.05) is 13.8 Å². The molecule has 0 spiro atoms. The zero-order chi connectivity index (χ0) is 15.6. The number of ketones is 1. The van der Waals surface area contributed by atoms with E-state index in [9.17, 15) is 4.79 Å². The van der Waals surface area contributed by atoms with Crippen LogP contribution in [0.2, 0.25) is 0 Å². The van der Waals surface area contributed by atoms with E-state index in [0.717, 1.165) is 38.5 Å². The molecule has 0 fully saturated rings. The summed E-state index contributed by atoms with van der Waals surface area (Å²) in [5.74, 6) is 0.409. The number of carbonyl (C=O) groups excluding carboxylic acids is 1. The minimum atomic E-state index is 0. The summed E-state index contributed by atoms with van der Waals surface area (Å²) in [4.78, 5) is 11.3. The Hall–Kier alpha value is -1.11. The van der Waals surface area contributed by atoms with Gasteiger partial charge < -0.3 is 0 Å². The van der Waals surface area contributed by atoms with E-state index in [1.165, 1.54) is 12.0 Å². The fourth-order valence-corrected chi connectivity index (χ4v) is 1.68. The lowest BCUT2D eigenvalue weighted by atomic mass is 10.0. The maximum absolute atomic E-state index is 11.3. The van der Waals surface area contributed by atoms with E-state index in [-0.39, 0.29) is 1.43 Å². The Morgan fingerprint density at radius 1 is 1.15 bits per heavy atom. The van der Waals surface area contributed by atoms with Crippen molar-refractivity contribution in [3.05, 3.63) is 36.0 Å². The summed E-state index contributed by atoms with van der Waals surface area (Å²) < 4.78 is 0. The number of carbonyl (C=O) groups is 1. The molecule has 20 heavy (non-hydrogen) atoms. The number of Topliss-reactive ketones (excluding diaryl/α,β-unsaturated/α-hetero) is 1. The summed E-state index contributed by atoms with van der Waals surface area (Å²) in [7, 11) is 0. The number of rotatable bonds is 6. The van der Waals surface area contributed by atoms with E-state index in [0.29, 0.717) is 5.78 Å². The third kappa shape index (κ3) is 14.9. The minimum absolute atomic E-state index is 0. The lowest BCUT2D eigenvalue weighted by Crippen LogP contribution is -1.96. The first-order valence-electron chi connectivity index (χ1n) is 8.28. The van der Waals surface area contributed by atoms with Crippen LogP contribution >= 0.6 is 0 Å². The zero-order valence-corrected chi connectivity index (χ0v) is 14.2. The van der Waals surface area contributed by atoms with Crippen molar-refractivity contribution in [1.82, 2.24) is 0 Å². The van der Waals surface area contributed by atoms with Gasteiger partial charge in [-0.25, -0.2) is 0 Å². The fourth-order valence-electron chi connectivity index (χ4n) is 1.68. The molecular formula is C19H36O. The lowest BCUT2D eigenvalue weighted by molar-refractivity contribution is -0.119. The highest BCUT2D eigenvalue weighted by molar-refractivity contribution is 5.78. The van der Waals surface area contributed by atoms with E-state index < -0.39 is 0 Å². The van der Waals surface area contributed by atoms with Gasteiger partial charge >= 0.3 is 0 Å². The molecule has 0 bridgehead atoms. The highest BCUT2D eigenvalue weighted by Crippen LogP contribution is 2.13. The van der Waals surface area contributed by atoms with Gasteiger partial charge in [-0.3, -0.25) is 4.79 Å². The first-order valence-corrected chi connectivity index (χ1v) is 8.28. The molecule has 0 aromatic carbocycles. The van der Waals surface area contributed by atoms with Gasteiger partial charge in [0, 0.05) is 14.3 Å². The third-order valence-corrected chi connectivity index (χ3v) is 2.50. The maximum atomic E-state index is 11.3.